The smallest absolute Gasteiger partial charge is 0.231 e. The van der Waals surface area contributed by atoms with Gasteiger partial charge in [0.05, 0.1) is 12.5 Å². The van der Waals surface area contributed by atoms with E-state index in [9.17, 15) is 0 Å². The summed E-state index contributed by atoms with van der Waals surface area (Å²) in [6.07, 6.45) is 0. The molecular formula is C9H18N4O. The van der Waals surface area contributed by atoms with Gasteiger partial charge < -0.3 is 15.2 Å². The summed E-state index contributed by atoms with van der Waals surface area (Å²) in [6.45, 7) is 4.60. The van der Waals surface area contributed by atoms with Gasteiger partial charge in [0.15, 0.2) is 5.82 Å². The number of hydrogen-bond donors (Lipinski definition) is 1. The lowest BCUT2D eigenvalue weighted by Gasteiger charge is -2.09. The Morgan fingerprint density at radius 3 is 2.57 bits per heavy atom. The van der Waals surface area contributed by atoms with Crippen LogP contribution in [0, 0.1) is 0 Å². The molecule has 0 aromatic carbocycles. The van der Waals surface area contributed by atoms with Gasteiger partial charge in [-0.1, -0.05) is 12.1 Å². The molecule has 0 amide bonds. The minimum atomic E-state index is 0.0302. The molecule has 5 heteroatoms. The standard InChI is InChI=1S/C9H18N4O/c1-6(7(2)10)9-11-8(12-14-9)5-13(3)4/h6-7H,5,10H2,1-4H3. The van der Waals surface area contributed by atoms with Crippen LogP contribution in [0.15, 0.2) is 4.52 Å². The Morgan fingerprint density at radius 2 is 2.07 bits per heavy atom. The second-order valence-electron chi connectivity index (χ2n) is 3.93. The van der Waals surface area contributed by atoms with Gasteiger partial charge in [0.25, 0.3) is 0 Å². The normalized spacial score (nSPS) is 15.9. The first-order chi connectivity index (χ1) is 6.50. The van der Waals surface area contributed by atoms with Crippen molar-refractivity contribution in [3.8, 4) is 0 Å². The topological polar surface area (TPSA) is 68.2 Å². The van der Waals surface area contributed by atoms with Crippen molar-refractivity contribution in [2.45, 2.75) is 32.4 Å². The van der Waals surface area contributed by atoms with Crippen LogP contribution in [0.4, 0.5) is 0 Å². The van der Waals surface area contributed by atoms with Gasteiger partial charge in [-0.15, -0.1) is 0 Å². The molecule has 0 aliphatic carbocycles. The van der Waals surface area contributed by atoms with Crippen LogP contribution >= 0.6 is 0 Å². The molecule has 1 heterocycles. The van der Waals surface area contributed by atoms with Crippen molar-refractivity contribution in [1.82, 2.24) is 15.0 Å². The van der Waals surface area contributed by atoms with Crippen LogP contribution in [0.25, 0.3) is 0 Å². The molecule has 0 saturated heterocycles. The largest absolute Gasteiger partial charge is 0.339 e. The first-order valence-electron chi connectivity index (χ1n) is 4.73. The number of nitrogens with zero attached hydrogens (tertiary/aromatic N) is 3. The average Bonchev–Trinajstić information content (AvgIpc) is 2.50. The Labute approximate surface area is 84.3 Å². The van der Waals surface area contributed by atoms with Crippen molar-refractivity contribution in [1.29, 1.82) is 0 Å². The van der Waals surface area contributed by atoms with Crippen molar-refractivity contribution >= 4 is 0 Å². The first kappa shape index (κ1) is 11.1. The highest BCUT2D eigenvalue weighted by Gasteiger charge is 2.17. The van der Waals surface area contributed by atoms with Crippen molar-refractivity contribution in [2.75, 3.05) is 14.1 Å². The molecule has 14 heavy (non-hydrogen) atoms. The second kappa shape index (κ2) is 4.52. The average molecular weight is 198 g/mol. The van der Waals surface area contributed by atoms with Crippen molar-refractivity contribution < 1.29 is 4.52 Å². The summed E-state index contributed by atoms with van der Waals surface area (Å²) < 4.78 is 5.12. The van der Waals surface area contributed by atoms with Gasteiger partial charge in [-0.3, -0.25) is 0 Å². The van der Waals surface area contributed by atoms with E-state index in [2.05, 4.69) is 10.1 Å². The van der Waals surface area contributed by atoms with Crippen LogP contribution in [-0.4, -0.2) is 35.2 Å². The zero-order chi connectivity index (χ0) is 10.7. The number of hydrogen-bond acceptors (Lipinski definition) is 5. The van der Waals surface area contributed by atoms with Gasteiger partial charge in [-0.05, 0) is 21.0 Å². The van der Waals surface area contributed by atoms with Crippen molar-refractivity contribution in [3.05, 3.63) is 11.7 Å². The minimum Gasteiger partial charge on any atom is -0.339 e. The predicted molar refractivity (Wildman–Crippen MR) is 53.8 cm³/mol. The van der Waals surface area contributed by atoms with Crippen LogP contribution < -0.4 is 5.73 Å². The first-order valence-corrected chi connectivity index (χ1v) is 4.73. The SMILES string of the molecule is CC(N)C(C)c1nc(CN(C)C)no1. The van der Waals surface area contributed by atoms with E-state index in [-0.39, 0.29) is 12.0 Å². The fraction of sp³-hybridized carbons (Fsp3) is 0.778. The van der Waals surface area contributed by atoms with Crippen LogP contribution in [0.2, 0.25) is 0 Å². The van der Waals surface area contributed by atoms with Crippen LogP contribution in [0.3, 0.4) is 0 Å². The molecule has 1 aromatic heterocycles. The highest BCUT2D eigenvalue weighted by molar-refractivity contribution is 4.95. The van der Waals surface area contributed by atoms with Crippen LogP contribution in [0.1, 0.15) is 31.5 Å². The summed E-state index contributed by atoms with van der Waals surface area (Å²) in [5.74, 6) is 1.44. The molecule has 1 aromatic rings. The maximum Gasteiger partial charge on any atom is 0.231 e. The van der Waals surface area contributed by atoms with Crippen molar-refractivity contribution in [2.24, 2.45) is 5.73 Å². The fourth-order valence-corrected chi connectivity index (χ4v) is 1.02. The third-order valence-electron chi connectivity index (χ3n) is 2.12. The van der Waals surface area contributed by atoms with E-state index < -0.39 is 0 Å². The Kier molecular flexibility index (Phi) is 3.60. The molecular weight excluding hydrogens is 180 g/mol. The van der Waals surface area contributed by atoms with Gasteiger partial charge in [-0.25, -0.2) is 0 Å². The molecule has 0 aliphatic heterocycles. The van der Waals surface area contributed by atoms with E-state index in [0.29, 0.717) is 18.3 Å². The van der Waals surface area contributed by atoms with Crippen LogP contribution in [-0.2, 0) is 6.54 Å². The predicted octanol–water partition coefficient (Wildman–Crippen LogP) is 0.582. The lowest BCUT2D eigenvalue weighted by Crippen LogP contribution is -2.22. The van der Waals surface area contributed by atoms with E-state index >= 15 is 0 Å². The maximum atomic E-state index is 5.74. The third-order valence-corrected chi connectivity index (χ3v) is 2.12. The van der Waals surface area contributed by atoms with E-state index in [1.165, 1.54) is 0 Å². The Hall–Kier alpha value is -0.940. The molecule has 5 nitrogen and oxygen atoms in total. The van der Waals surface area contributed by atoms with Gasteiger partial charge in [0.1, 0.15) is 0 Å². The Balaban J connectivity index is 2.67. The molecule has 1 rings (SSSR count). The van der Waals surface area contributed by atoms with Crippen molar-refractivity contribution in [3.63, 3.8) is 0 Å². The van der Waals surface area contributed by atoms with Gasteiger partial charge in [-0.2, -0.15) is 4.98 Å². The number of nitrogens with two attached hydrogens (primary N) is 1. The lowest BCUT2D eigenvalue weighted by atomic mass is 10.1. The highest BCUT2D eigenvalue weighted by atomic mass is 16.5. The fourth-order valence-electron chi connectivity index (χ4n) is 1.02. The minimum absolute atomic E-state index is 0.0302. The second-order valence-corrected chi connectivity index (χ2v) is 3.93. The molecule has 0 spiro atoms. The summed E-state index contributed by atoms with van der Waals surface area (Å²) in [4.78, 5) is 6.26. The van der Waals surface area contributed by atoms with E-state index in [0.717, 1.165) is 0 Å². The molecule has 0 fully saturated rings. The molecule has 2 N–H and O–H groups in total. The molecule has 0 radical (unpaired) electrons. The number of rotatable bonds is 4. The molecule has 80 valence electrons. The molecule has 2 atom stereocenters. The molecule has 0 saturated carbocycles. The monoisotopic (exact) mass is 198 g/mol. The van der Waals surface area contributed by atoms with E-state index in [1.807, 2.05) is 32.8 Å². The summed E-state index contributed by atoms with van der Waals surface area (Å²) in [5, 5.41) is 3.88. The summed E-state index contributed by atoms with van der Waals surface area (Å²) in [5.41, 5.74) is 5.74. The quantitative estimate of drug-likeness (QED) is 0.766. The van der Waals surface area contributed by atoms with Gasteiger partial charge in [0, 0.05) is 6.04 Å². The van der Waals surface area contributed by atoms with Gasteiger partial charge >= 0.3 is 0 Å². The van der Waals surface area contributed by atoms with Gasteiger partial charge in [0.2, 0.25) is 5.89 Å². The summed E-state index contributed by atoms with van der Waals surface area (Å²) in [6, 6.07) is 0.0302. The molecule has 0 aliphatic rings. The zero-order valence-electron chi connectivity index (χ0n) is 9.19. The molecule has 2 unspecified atom stereocenters. The maximum absolute atomic E-state index is 5.74. The zero-order valence-corrected chi connectivity index (χ0v) is 9.19. The number of aromatic nitrogens is 2. The Bertz CT molecular complexity index is 282. The molecule has 0 bridgehead atoms. The highest BCUT2D eigenvalue weighted by Crippen LogP contribution is 2.15. The van der Waals surface area contributed by atoms with E-state index in [1.54, 1.807) is 0 Å². The Morgan fingerprint density at radius 1 is 1.43 bits per heavy atom. The lowest BCUT2D eigenvalue weighted by molar-refractivity contribution is 0.331. The van der Waals surface area contributed by atoms with E-state index in [4.69, 9.17) is 10.3 Å². The summed E-state index contributed by atoms with van der Waals surface area (Å²) >= 11 is 0. The summed E-state index contributed by atoms with van der Waals surface area (Å²) in [7, 11) is 3.93. The third kappa shape index (κ3) is 2.78. The van der Waals surface area contributed by atoms with Crippen LogP contribution in [0.5, 0.6) is 0 Å².